The van der Waals surface area contributed by atoms with E-state index >= 15 is 0 Å². The van der Waals surface area contributed by atoms with Crippen LogP contribution in [0.2, 0.25) is 0 Å². The van der Waals surface area contributed by atoms with E-state index in [1.807, 2.05) is 39.0 Å². The van der Waals surface area contributed by atoms with Gasteiger partial charge in [0.25, 0.3) is 0 Å². The number of anilines is 3. The van der Waals surface area contributed by atoms with Crippen LogP contribution in [0.3, 0.4) is 0 Å². The second-order valence-electron chi connectivity index (χ2n) is 6.15. The van der Waals surface area contributed by atoms with Crippen LogP contribution in [-0.4, -0.2) is 23.8 Å². The van der Waals surface area contributed by atoms with Crippen molar-refractivity contribution >= 4 is 33.9 Å². The van der Waals surface area contributed by atoms with Crippen LogP contribution in [0.25, 0.3) is 0 Å². The number of rotatable bonds is 5. The standard InChI is InChI=1S/C15H19N5O3S/c1-15(2,3)24(23)9-10-5-4-6-11(7-10)18-14-17-8-12(20(21)22)13(16)19-14/h4-8H,9H2,1-3H3,(H3,16,17,18,19)/t24-/m1/s1. The number of nitrogens with one attached hydrogen (secondary N) is 1. The number of nitrogens with zero attached hydrogens (tertiary/aromatic N) is 3. The molecule has 24 heavy (non-hydrogen) atoms. The minimum absolute atomic E-state index is 0.159. The lowest BCUT2D eigenvalue weighted by Gasteiger charge is -2.18. The lowest BCUT2D eigenvalue weighted by molar-refractivity contribution is -0.384. The molecule has 0 saturated heterocycles. The first-order chi connectivity index (χ1) is 11.2. The van der Waals surface area contributed by atoms with E-state index in [-0.39, 0.29) is 22.2 Å². The Bertz CT molecular complexity index is 789. The van der Waals surface area contributed by atoms with Gasteiger partial charge in [-0.05, 0) is 38.5 Å². The molecule has 0 spiro atoms. The number of nitrogens with two attached hydrogens (primary N) is 1. The molecule has 3 N–H and O–H groups in total. The largest absolute Gasteiger partial charge is 0.378 e. The van der Waals surface area contributed by atoms with Crippen LogP contribution in [0, 0.1) is 10.1 Å². The zero-order valence-corrected chi connectivity index (χ0v) is 14.5. The number of hydrogen-bond acceptors (Lipinski definition) is 7. The Balaban J connectivity index is 2.16. The summed E-state index contributed by atoms with van der Waals surface area (Å²) >= 11 is 0. The van der Waals surface area contributed by atoms with Crippen LogP contribution in [0.1, 0.15) is 26.3 Å². The maximum Gasteiger partial charge on any atom is 0.329 e. The van der Waals surface area contributed by atoms with Crippen LogP contribution in [-0.2, 0) is 16.6 Å². The number of aromatic nitrogens is 2. The average Bonchev–Trinajstić information content (AvgIpc) is 2.46. The van der Waals surface area contributed by atoms with Gasteiger partial charge >= 0.3 is 5.69 Å². The molecule has 9 heteroatoms. The third-order valence-corrected chi connectivity index (χ3v) is 5.12. The SMILES string of the molecule is CC(C)(C)[S@](=O)Cc1cccc(Nc2ncc([N+](=O)[O-])c(N)n2)c1. The normalized spacial score (nSPS) is 12.6. The minimum Gasteiger partial charge on any atom is -0.378 e. The molecular formula is C15H19N5O3S. The van der Waals surface area contributed by atoms with E-state index in [1.165, 1.54) is 0 Å². The summed E-state index contributed by atoms with van der Waals surface area (Å²) < 4.78 is 11.9. The van der Waals surface area contributed by atoms with Crippen LogP contribution in [0.15, 0.2) is 30.5 Å². The summed E-state index contributed by atoms with van der Waals surface area (Å²) in [5, 5.41) is 13.7. The first-order valence-electron chi connectivity index (χ1n) is 7.18. The van der Waals surface area contributed by atoms with Crippen LogP contribution in [0.5, 0.6) is 0 Å². The molecule has 0 radical (unpaired) electrons. The second kappa shape index (κ2) is 6.91. The Morgan fingerprint density at radius 2 is 2.08 bits per heavy atom. The summed E-state index contributed by atoms with van der Waals surface area (Å²) in [5.74, 6) is 0.386. The molecule has 2 rings (SSSR count). The quantitative estimate of drug-likeness (QED) is 0.628. The average molecular weight is 349 g/mol. The highest BCUT2D eigenvalue weighted by Gasteiger charge is 2.19. The molecule has 0 fully saturated rings. The minimum atomic E-state index is -1.01. The molecule has 1 aromatic carbocycles. The molecule has 128 valence electrons. The highest BCUT2D eigenvalue weighted by molar-refractivity contribution is 7.85. The number of hydrogen-bond donors (Lipinski definition) is 2. The van der Waals surface area contributed by atoms with Crippen molar-refractivity contribution in [2.75, 3.05) is 11.1 Å². The molecule has 0 aliphatic carbocycles. The fourth-order valence-electron chi connectivity index (χ4n) is 1.83. The Morgan fingerprint density at radius 3 is 2.67 bits per heavy atom. The lowest BCUT2D eigenvalue weighted by Crippen LogP contribution is -2.22. The Hall–Kier alpha value is -2.55. The molecule has 0 saturated carbocycles. The second-order valence-corrected chi connectivity index (χ2v) is 8.35. The number of nitro groups is 1. The summed E-state index contributed by atoms with van der Waals surface area (Å²) in [7, 11) is -1.01. The third-order valence-electron chi connectivity index (χ3n) is 3.16. The monoisotopic (exact) mass is 349 g/mol. The fraction of sp³-hybridized carbons (Fsp3) is 0.333. The molecule has 1 aromatic heterocycles. The van der Waals surface area contributed by atoms with E-state index in [4.69, 9.17) is 5.73 Å². The fourth-order valence-corrected chi connectivity index (χ4v) is 2.74. The molecule has 0 aliphatic heterocycles. The van der Waals surface area contributed by atoms with E-state index in [0.29, 0.717) is 11.4 Å². The van der Waals surface area contributed by atoms with Crippen molar-refractivity contribution in [2.24, 2.45) is 0 Å². The van der Waals surface area contributed by atoms with Crippen molar-refractivity contribution in [3.63, 3.8) is 0 Å². The zero-order chi connectivity index (χ0) is 17.9. The van der Waals surface area contributed by atoms with Crippen LogP contribution in [0.4, 0.5) is 23.1 Å². The van der Waals surface area contributed by atoms with Gasteiger partial charge in [-0.1, -0.05) is 12.1 Å². The number of benzene rings is 1. The highest BCUT2D eigenvalue weighted by Crippen LogP contribution is 2.22. The molecule has 0 amide bonds. The predicted octanol–water partition coefficient (Wildman–Crippen LogP) is 2.76. The molecule has 1 heterocycles. The van der Waals surface area contributed by atoms with Crippen molar-refractivity contribution in [2.45, 2.75) is 31.3 Å². The molecule has 0 unspecified atom stereocenters. The van der Waals surface area contributed by atoms with Gasteiger partial charge in [0.15, 0.2) is 0 Å². The first-order valence-corrected chi connectivity index (χ1v) is 8.50. The number of nitrogen functional groups attached to an aromatic ring is 1. The Labute approximate surface area is 142 Å². The molecule has 0 bridgehead atoms. The first kappa shape index (κ1) is 17.8. The summed E-state index contributed by atoms with van der Waals surface area (Å²) in [6.07, 6.45) is 1.06. The van der Waals surface area contributed by atoms with Crippen molar-refractivity contribution in [3.8, 4) is 0 Å². The molecular weight excluding hydrogens is 330 g/mol. The predicted molar refractivity (Wildman–Crippen MR) is 94.4 cm³/mol. The van der Waals surface area contributed by atoms with Crippen molar-refractivity contribution < 1.29 is 9.13 Å². The van der Waals surface area contributed by atoms with Gasteiger partial charge in [-0.25, -0.2) is 4.98 Å². The van der Waals surface area contributed by atoms with Gasteiger partial charge in [0.05, 0.1) is 4.92 Å². The van der Waals surface area contributed by atoms with Gasteiger partial charge in [-0.15, -0.1) is 0 Å². The molecule has 0 aliphatic rings. The van der Waals surface area contributed by atoms with Gasteiger partial charge in [0.2, 0.25) is 11.8 Å². The summed E-state index contributed by atoms with van der Waals surface area (Å²) in [5.41, 5.74) is 6.80. The Morgan fingerprint density at radius 1 is 1.38 bits per heavy atom. The van der Waals surface area contributed by atoms with Crippen LogP contribution >= 0.6 is 0 Å². The maximum absolute atomic E-state index is 12.2. The van der Waals surface area contributed by atoms with E-state index < -0.39 is 15.7 Å². The van der Waals surface area contributed by atoms with Gasteiger partial charge in [0.1, 0.15) is 6.20 Å². The summed E-state index contributed by atoms with van der Waals surface area (Å²) in [4.78, 5) is 17.8. The van der Waals surface area contributed by atoms with Gasteiger partial charge in [-0.3, -0.25) is 14.3 Å². The van der Waals surface area contributed by atoms with Gasteiger partial charge in [0, 0.05) is 27.0 Å². The topological polar surface area (TPSA) is 124 Å². The Kier molecular flexibility index (Phi) is 5.13. The zero-order valence-electron chi connectivity index (χ0n) is 13.6. The van der Waals surface area contributed by atoms with E-state index in [9.17, 15) is 14.3 Å². The van der Waals surface area contributed by atoms with Crippen LogP contribution < -0.4 is 11.1 Å². The third kappa shape index (κ3) is 4.48. The molecule has 1 atom stereocenters. The van der Waals surface area contributed by atoms with E-state index in [0.717, 1.165) is 11.8 Å². The van der Waals surface area contributed by atoms with E-state index in [1.54, 1.807) is 6.07 Å². The molecule has 2 aromatic rings. The molecule has 8 nitrogen and oxygen atoms in total. The maximum atomic E-state index is 12.2. The van der Waals surface area contributed by atoms with Gasteiger partial charge < -0.3 is 11.1 Å². The lowest BCUT2D eigenvalue weighted by atomic mass is 10.2. The van der Waals surface area contributed by atoms with Crippen molar-refractivity contribution in [3.05, 3.63) is 46.1 Å². The summed E-state index contributed by atoms with van der Waals surface area (Å²) in [6, 6.07) is 7.35. The highest BCUT2D eigenvalue weighted by atomic mass is 32.2. The smallest absolute Gasteiger partial charge is 0.329 e. The van der Waals surface area contributed by atoms with E-state index in [2.05, 4.69) is 15.3 Å². The van der Waals surface area contributed by atoms with Crippen molar-refractivity contribution in [1.82, 2.24) is 9.97 Å². The van der Waals surface area contributed by atoms with Gasteiger partial charge in [-0.2, -0.15) is 4.98 Å². The van der Waals surface area contributed by atoms with Crippen molar-refractivity contribution in [1.29, 1.82) is 0 Å². The summed E-state index contributed by atoms with van der Waals surface area (Å²) in [6.45, 7) is 5.79.